The number of hydrogen-bond acceptors (Lipinski definition) is 3. The third-order valence-electron chi connectivity index (χ3n) is 4.42. The van der Waals surface area contributed by atoms with Crippen molar-refractivity contribution < 1.29 is 9.47 Å². The maximum atomic E-state index is 6.11. The monoisotopic (exact) mass is 283 g/mol. The Hall–Kier alpha value is -0.810. The molecule has 0 bridgehead atoms. The highest BCUT2D eigenvalue weighted by atomic mass is 16.7. The fraction of sp³-hybridized carbons (Fsp3) is 0.933. The summed E-state index contributed by atoms with van der Waals surface area (Å²) in [6.45, 7) is 7.72. The van der Waals surface area contributed by atoms with E-state index in [1.807, 2.05) is 0 Å². The molecule has 1 aliphatic carbocycles. The van der Waals surface area contributed by atoms with Crippen LogP contribution in [0.2, 0.25) is 0 Å². The van der Waals surface area contributed by atoms with Gasteiger partial charge in [0, 0.05) is 18.9 Å². The first-order valence-electron chi connectivity index (χ1n) is 7.91. The van der Waals surface area contributed by atoms with E-state index >= 15 is 0 Å². The van der Waals surface area contributed by atoms with Gasteiger partial charge in [0.05, 0.1) is 13.2 Å². The summed E-state index contributed by atoms with van der Waals surface area (Å²) < 4.78 is 12.0. The number of nitrogens with zero attached hydrogens (tertiary/aromatic N) is 1. The van der Waals surface area contributed by atoms with Crippen molar-refractivity contribution in [2.45, 2.75) is 70.8 Å². The van der Waals surface area contributed by atoms with Gasteiger partial charge in [-0.15, -0.1) is 0 Å². The SMILES string of the molecule is CCC(C)NC(N)=NCC1COC2(CCC(C)CC2)O1. The maximum absolute atomic E-state index is 6.11. The molecule has 1 aliphatic heterocycles. The fourth-order valence-corrected chi connectivity index (χ4v) is 2.77. The molecule has 0 aromatic heterocycles. The van der Waals surface area contributed by atoms with E-state index < -0.39 is 0 Å². The van der Waals surface area contributed by atoms with Crippen LogP contribution in [-0.4, -0.2) is 37.0 Å². The molecule has 0 aromatic carbocycles. The number of nitrogens with two attached hydrogens (primary N) is 1. The normalized spacial score (nSPS) is 36.2. The Morgan fingerprint density at radius 1 is 1.45 bits per heavy atom. The Labute approximate surface area is 122 Å². The second kappa shape index (κ2) is 6.76. The van der Waals surface area contributed by atoms with Crippen molar-refractivity contribution >= 4 is 5.96 Å². The highest BCUT2D eigenvalue weighted by Gasteiger charge is 2.43. The zero-order valence-electron chi connectivity index (χ0n) is 13.0. The number of aliphatic imine (C=N–C) groups is 1. The van der Waals surface area contributed by atoms with Crippen LogP contribution >= 0.6 is 0 Å². The first-order valence-corrected chi connectivity index (χ1v) is 7.91. The van der Waals surface area contributed by atoms with Gasteiger partial charge in [-0.25, -0.2) is 0 Å². The smallest absolute Gasteiger partial charge is 0.188 e. The summed E-state index contributed by atoms with van der Waals surface area (Å²) in [5.41, 5.74) is 5.86. The Morgan fingerprint density at radius 3 is 2.80 bits per heavy atom. The van der Waals surface area contributed by atoms with E-state index in [0.29, 0.717) is 25.2 Å². The molecule has 2 rings (SSSR count). The van der Waals surface area contributed by atoms with Crippen LogP contribution in [0.5, 0.6) is 0 Å². The van der Waals surface area contributed by atoms with Gasteiger partial charge in [0.15, 0.2) is 11.7 Å². The Balaban J connectivity index is 1.77. The summed E-state index contributed by atoms with van der Waals surface area (Å²) in [7, 11) is 0. The van der Waals surface area contributed by atoms with Crippen molar-refractivity contribution in [2.24, 2.45) is 16.6 Å². The van der Waals surface area contributed by atoms with E-state index in [-0.39, 0.29) is 11.9 Å². The van der Waals surface area contributed by atoms with Crippen molar-refractivity contribution in [3.63, 3.8) is 0 Å². The van der Waals surface area contributed by atoms with Gasteiger partial charge in [0.25, 0.3) is 0 Å². The largest absolute Gasteiger partial charge is 0.370 e. The van der Waals surface area contributed by atoms with E-state index in [2.05, 4.69) is 31.1 Å². The predicted octanol–water partition coefficient (Wildman–Crippen LogP) is 2.01. The van der Waals surface area contributed by atoms with Gasteiger partial charge in [0.1, 0.15) is 6.10 Å². The van der Waals surface area contributed by atoms with Crippen molar-refractivity contribution in [3.8, 4) is 0 Å². The lowest BCUT2D eigenvalue weighted by atomic mass is 9.86. The molecule has 2 unspecified atom stereocenters. The highest BCUT2D eigenvalue weighted by Crippen LogP contribution is 2.39. The van der Waals surface area contributed by atoms with Crippen LogP contribution in [0.15, 0.2) is 4.99 Å². The summed E-state index contributed by atoms with van der Waals surface area (Å²) in [4.78, 5) is 4.37. The first-order chi connectivity index (χ1) is 9.53. The van der Waals surface area contributed by atoms with Crippen LogP contribution < -0.4 is 11.1 Å². The zero-order chi connectivity index (χ0) is 14.6. The predicted molar refractivity (Wildman–Crippen MR) is 80.6 cm³/mol. The van der Waals surface area contributed by atoms with Gasteiger partial charge in [-0.05, 0) is 32.1 Å². The standard InChI is InChI=1S/C15H29N3O2/c1-4-12(3)18-14(16)17-9-13-10-19-15(20-13)7-5-11(2)6-8-15/h11-13H,4-10H2,1-3H3,(H3,16,17,18). The van der Waals surface area contributed by atoms with Crippen molar-refractivity contribution in [1.29, 1.82) is 0 Å². The molecule has 0 aromatic rings. The van der Waals surface area contributed by atoms with Crippen molar-refractivity contribution in [1.82, 2.24) is 5.32 Å². The number of rotatable bonds is 4. The molecule has 20 heavy (non-hydrogen) atoms. The Kier molecular flexibility index (Phi) is 5.27. The van der Waals surface area contributed by atoms with Gasteiger partial charge in [-0.2, -0.15) is 0 Å². The van der Waals surface area contributed by atoms with Crippen LogP contribution in [0.1, 0.15) is 52.9 Å². The second-order valence-corrected chi connectivity index (χ2v) is 6.32. The molecule has 3 N–H and O–H groups in total. The second-order valence-electron chi connectivity index (χ2n) is 6.32. The van der Waals surface area contributed by atoms with Crippen LogP contribution in [0, 0.1) is 5.92 Å². The van der Waals surface area contributed by atoms with Gasteiger partial charge in [-0.3, -0.25) is 4.99 Å². The van der Waals surface area contributed by atoms with Crippen LogP contribution in [0.25, 0.3) is 0 Å². The van der Waals surface area contributed by atoms with E-state index in [1.54, 1.807) is 0 Å². The molecular formula is C15H29N3O2. The molecular weight excluding hydrogens is 254 g/mol. The third kappa shape index (κ3) is 4.09. The lowest BCUT2D eigenvalue weighted by Gasteiger charge is -2.34. The molecule has 1 spiro atoms. The molecule has 1 heterocycles. The summed E-state index contributed by atoms with van der Waals surface area (Å²) in [5.74, 6) is 0.965. The summed E-state index contributed by atoms with van der Waals surface area (Å²) in [6, 6.07) is 0.352. The van der Waals surface area contributed by atoms with Gasteiger partial charge < -0.3 is 20.5 Å². The Morgan fingerprint density at radius 2 is 2.15 bits per heavy atom. The average molecular weight is 283 g/mol. The Bertz CT molecular complexity index is 338. The lowest BCUT2D eigenvalue weighted by Crippen LogP contribution is -2.39. The summed E-state index contributed by atoms with van der Waals surface area (Å²) in [5, 5.41) is 3.16. The van der Waals surface area contributed by atoms with Crippen LogP contribution in [0.3, 0.4) is 0 Å². The van der Waals surface area contributed by atoms with Gasteiger partial charge in [0.2, 0.25) is 0 Å². The van der Waals surface area contributed by atoms with E-state index in [9.17, 15) is 0 Å². The summed E-state index contributed by atoms with van der Waals surface area (Å²) in [6.07, 6.45) is 5.46. The molecule has 0 amide bonds. The van der Waals surface area contributed by atoms with Gasteiger partial charge in [-0.1, -0.05) is 13.8 Å². The van der Waals surface area contributed by atoms with Crippen molar-refractivity contribution in [3.05, 3.63) is 0 Å². The van der Waals surface area contributed by atoms with Gasteiger partial charge >= 0.3 is 0 Å². The molecule has 5 nitrogen and oxygen atoms in total. The highest BCUT2D eigenvalue weighted by molar-refractivity contribution is 5.78. The molecule has 2 atom stereocenters. The number of hydrogen-bond donors (Lipinski definition) is 2. The van der Waals surface area contributed by atoms with Crippen LogP contribution in [-0.2, 0) is 9.47 Å². The summed E-state index contributed by atoms with van der Waals surface area (Å²) >= 11 is 0. The minimum absolute atomic E-state index is 0.0423. The minimum atomic E-state index is -0.328. The molecule has 1 saturated heterocycles. The third-order valence-corrected chi connectivity index (χ3v) is 4.42. The molecule has 2 aliphatic rings. The molecule has 1 saturated carbocycles. The quantitative estimate of drug-likeness (QED) is 0.612. The molecule has 116 valence electrons. The lowest BCUT2D eigenvalue weighted by molar-refractivity contribution is -0.190. The number of nitrogens with one attached hydrogen (secondary N) is 1. The average Bonchev–Trinajstić information content (AvgIpc) is 2.83. The zero-order valence-corrected chi connectivity index (χ0v) is 13.0. The number of ether oxygens (including phenoxy) is 2. The van der Waals surface area contributed by atoms with Crippen LogP contribution in [0.4, 0.5) is 0 Å². The molecule has 0 radical (unpaired) electrons. The fourth-order valence-electron chi connectivity index (χ4n) is 2.77. The molecule has 2 fully saturated rings. The minimum Gasteiger partial charge on any atom is -0.370 e. The van der Waals surface area contributed by atoms with E-state index in [0.717, 1.165) is 25.2 Å². The van der Waals surface area contributed by atoms with Crippen molar-refractivity contribution in [2.75, 3.05) is 13.2 Å². The molecule has 5 heteroatoms. The number of guanidine groups is 1. The van der Waals surface area contributed by atoms with E-state index in [4.69, 9.17) is 15.2 Å². The first kappa shape index (κ1) is 15.6. The maximum Gasteiger partial charge on any atom is 0.188 e. The van der Waals surface area contributed by atoms with E-state index in [1.165, 1.54) is 12.8 Å². The topological polar surface area (TPSA) is 68.9 Å².